The summed E-state index contributed by atoms with van der Waals surface area (Å²) in [6, 6.07) is 8.34. The van der Waals surface area contributed by atoms with Gasteiger partial charge in [0.05, 0.1) is 0 Å². The molecule has 0 fully saturated rings. The van der Waals surface area contributed by atoms with Crippen LogP contribution in [0.5, 0.6) is 0 Å². The number of benzene rings is 1. The van der Waals surface area contributed by atoms with Crippen LogP contribution in [0.4, 0.5) is 0 Å². The Bertz CT molecular complexity index is 425. The minimum absolute atomic E-state index is 0. The van der Waals surface area contributed by atoms with E-state index in [4.69, 9.17) is 5.73 Å². The number of hydrogen-bond acceptors (Lipinski definition) is 2. The minimum Gasteiger partial charge on any atom is -0.370 e. The fourth-order valence-electron chi connectivity index (χ4n) is 1.80. The van der Waals surface area contributed by atoms with Gasteiger partial charge in [0.2, 0.25) is 0 Å². The highest BCUT2D eigenvalue weighted by Gasteiger charge is 2.01. The van der Waals surface area contributed by atoms with Gasteiger partial charge in [-0.25, -0.2) is 0 Å². The minimum atomic E-state index is 0. The van der Waals surface area contributed by atoms with Gasteiger partial charge in [0.1, 0.15) is 0 Å². The maximum Gasteiger partial charge on any atom is 0.191 e. The van der Waals surface area contributed by atoms with Gasteiger partial charge in [-0.2, -0.15) is 0 Å². The SMILES string of the molecule is CCN(CC)C(N)=NCCCCSc1ccccc1Br.I. The van der Waals surface area contributed by atoms with Crippen LogP contribution in [0.3, 0.4) is 0 Å². The number of hydrogen-bond donors (Lipinski definition) is 1. The van der Waals surface area contributed by atoms with Crippen LogP contribution in [0.25, 0.3) is 0 Å². The third-order valence-corrected chi connectivity index (χ3v) is 5.12. The number of thioether (sulfide) groups is 1. The summed E-state index contributed by atoms with van der Waals surface area (Å²) in [4.78, 5) is 7.81. The zero-order chi connectivity index (χ0) is 14.8. The zero-order valence-electron chi connectivity index (χ0n) is 12.7. The number of nitrogens with zero attached hydrogens (tertiary/aromatic N) is 2. The monoisotopic (exact) mass is 485 g/mol. The molecule has 0 aliphatic rings. The van der Waals surface area contributed by atoms with E-state index in [0.717, 1.165) is 38.2 Å². The molecule has 1 rings (SSSR count). The summed E-state index contributed by atoms with van der Waals surface area (Å²) < 4.78 is 1.17. The van der Waals surface area contributed by atoms with Crippen LogP contribution in [-0.2, 0) is 0 Å². The van der Waals surface area contributed by atoms with E-state index in [2.05, 4.69) is 57.9 Å². The Morgan fingerprint density at radius 2 is 1.90 bits per heavy atom. The molecule has 1 aromatic carbocycles. The molecule has 0 unspecified atom stereocenters. The van der Waals surface area contributed by atoms with Gasteiger partial charge in [-0.3, -0.25) is 4.99 Å². The molecule has 6 heteroatoms. The average molecular weight is 486 g/mol. The maximum absolute atomic E-state index is 5.93. The Hall–Kier alpha value is 0.0500. The molecule has 0 saturated carbocycles. The molecule has 0 amide bonds. The van der Waals surface area contributed by atoms with E-state index in [9.17, 15) is 0 Å². The number of rotatable bonds is 8. The molecular weight excluding hydrogens is 461 g/mol. The van der Waals surface area contributed by atoms with Crippen LogP contribution in [0, 0.1) is 0 Å². The van der Waals surface area contributed by atoms with Crippen LogP contribution in [-0.4, -0.2) is 36.2 Å². The number of unbranched alkanes of at least 4 members (excludes halogenated alkanes) is 1. The van der Waals surface area contributed by atoms with Crippen molar-refractivity contribution in [3.8, 4) is 0 Å². The Labute approximate surface area is 158 Å². The fraction of sp³-hybridized carbons (Fsp3) is 0.533. The van der Waals surface area contributed by atoms with Crippen molar-refractivity contribution < 1.29 is 0 Å². The van der Waals surface area contributed by atoms with Gasteiger partial charge >= 0.3 is 0 Å². The average Bonchev–Trinajstić information content (AvgIpc) is 2.45. The second-order valence-corrected chi connectivity index (χ2v) is 6.39. The van der Waals surface area contributed by atoms with Gasteiger partial charge in [-0.05, 0) is 60.5 Å². The molecule has 0 heterocycles. The summed E-state index contributed by atoms with van der Waals surface area (Å²) in [7, 11) is 0. The molecule has 120 valence electrons. The number of aliphatic imine (C=N–C) groups is 1. The van der Waals surface area contributed by atoms with Gasteiger partial charge in [0, 0.05) is 29.0 Å². The highest BCUT2D eigenvalue weighted by molar-refractivity contribution is 14.0. The summed E-state index contributed by atoms with van der Waals surface area (Å²) >= 11 is 5.45. The number of halogens is 2. The molecule has 0 saturated heterocycles. The quantitative estimate of drug-likeness (QED) is 0.192. The highest BCUT2D eigenvalue weighted by Crippen LogP contribution is 2.27. The summed E-state index contributed by atoms with van der Waals surface area (Å²) in [5.41, 5.74) is 5.93. The van der Waals surface area contributed by atoms with E-state index in [1.165, 1.54) is 9.37 Å². The first-order valence-electron chi connectivity index (χ1n) is 7.11. The predicted molar refractivity (Wildman–Crippen MR) is 109 cm³/mol. The first kappa shape index (κ1) is 21.0. The van der Waals surface area contributed by atoms with Crippen molar-refractivity contribution in [2.45, 2.75) is 31.6 Å². The Morgan fingerprint density at radius 3 is 2.52 bits per heavy atom. The smallest absolute Gasteiger partial charge is 0.191 e. The highest BCUT2D eigenvalue weighted by atomic mass is 127. The van der Waals surface area contributed by atoms with E-state index >= 15 is 0 Å². The maximum atomic E-state index is 5.93. The largest absolute Gasteiger partial charge is 0.370 e. The Morgan fingerprint density at radius 1 is 1.24 bits per heavy atom. The topological polar surface area (TPSA) is 41.6 Å². The molecule has 21 heavy (non-hydrogen) atoms. The lowest BCUT2D eigenvalue weighted by Crippen LogP contribution is -2.37. The van der Waals surface area contributed by atoms with Gasteiger partial charge in [0.15, 0.2) is 5.96 Å². The molecule has 3 nitrogen and oxygen atoms in total. The fourth-order valence-corrected chi connectivity index (χ4v) is 3.38. The van der Waals surface area contributed by atoms with Gasteiger partial charge in [-0.15, -0.1) is 35.7 Å². The van der Waals surface area contributed by atoms with Crippen LogP contribution in [0.1, 0.15) is 26.7 Å². The second-order valence-electron chi connectivity index (χ2n) is 4.40. The van der Waals surface area contributed by atoms with E-state index in [1.54, 1.807) is 0 Å². The molecule has 2 N–H and O–H groups in total. The zero-order valence-corrected chi connectivity index (χ0v) is 17.5. The molecular formula is C15H25BrIN3S. The molecule has 1 aromatic rings. The third-order valence-electron chi connectivity index (χ3n) is 3.01. The predicted octanol–water partition coefficient (Wildman–Crippen LogP) is 4.60. The van der Waals surface area contributed by atoms with Crippen LogP contribution in [0.2, 0.25) is 0 Å². The van der Waals surface area contributed by atoms with Crippen molar-refractivity contribution in [1.82, 2.24) is 4.90 Å². The van der Waals surface area contributed by atoms with Crippen molar-refractivity contribution in [3.05, 3.63) is 28.7 Å². The van der Waals surface area contributed by atoms with Crippen molar-refractivity contribution >= 4 is 57.6 Å². The van der Waals surface area contributed by atoms with Gasteiger partial charge in [0.25, 0.3) is 0 Å². The third kappa shape index (κ3) is 8.30. The first-order chi connectivity index (χ1) is 9.69. The summed E-state index contributed by atoms with van der Waals surface area (Å²) in [5, 5.41) is 0. The van der Waals surface area contributed by atoms with Gasteiger partial charge in [-0.1, -0.05) is 12.1 Å². The van der Waals surface area contributed by atoms with E-state index in [-0.39, 0.29) is 24.0 Å². The molecule has 0 bridgehead atoms. The van der Waals surface area contributed by atoms with Crippen molar-refractivity contribution in [2.24, 2.45) is 10.7 Å². The van der Waals surface area contributed by atoms with Crippen molar-refractivity contribution in [2.75, 3.05) is 25.4 Å². The second kappa shape index (κ2) is 12.6. The molecule has 0 atom stereocenters. The van der Waals surface area contributed by atoms with E-state index in [0.29, 0.717) is 5.96 Å². The summed E-state index contributed by atoms with van der Waals surface area (Å²) in [6.45, 7) is 6.85. The number of guanidine groups is 1. The Balaban J connectivity index is 0.00000400. The van der Waals surface area contributed by atoms with Crippen LogP contribution < -0.4 is 5.73 Å². The van der Waals surface area contributed by atoms with Gasteiger partial charge < -0.3 is 10.6 Å². The number of nitrogens with two attached hydrogens (primary N) is 1. The first-order valence-corrected chi connectivity index (χ1v) is 8.89. The standard InChI is InChI=1S/C15H24BrN3S.HI/c1-3-19(4-2)15(17)18-11-7-8-12-20-14-10-6-5-9-13(14)16;/h5-6,9-10H,3-4,7-8,11-12H2,1-2H3,(H2,17,18);1H. The normalized spacial score (nSPS) is 11.1. The van der Waals surface area contributed by atoms with Crippen molar-refractivity contribution in [3.63, 3.8) is 0 Å². The lowest BCUT2D eigenvalue weighted by molar-refractivity contribution is 0.458. The summed E-state index contributed by atoms with van der Waals surface area (Å²) in [5.74, 6) is 1.79. The lowest BCUT2D eigenvalue weighted by atomic mass is 10.3. The van der Waals surface area contributed by atoms with Crippen LogP contribution >= 0.6 is 51.7 Å². The molecule has 0 aliphatic carbocycles. The molecule has 0 aromatic heterocycles. The van der Waals surface area contributed by atoms with Crippen LogP contribution in [0.15, 0.2) is 38.6 Å². The molecule has 0 aliphatic heterocycles. The lowest BCUT2D eigenvalue weighted by Gasteiger charge is -2.19. The summed E-state index contributed by atoms with van der Waals surface area (Å²) in [6.07, 6.45) is 2.24. The molecule has 0 spiro atoms. The molecule has 0 radical (unpaired) electrons. The van der Waals surface area contributed by atoms with E-state index < -0.39 is 0 Å². The Kier molecular flexibility index (Phi) is 12.6. The van der Waals surface area contributed by atoms with E-state index in [1.807, 2.05) is 17.8 Å². The van der Waals surface area contributed by atoms with Crippen molar-refractivity contribution in [1.29, 1.82) is 0 Å².